The van der Waals surface area contributed by atoms with E-state index < -0.39 is 10.0 Å². The molecule has 0 aromatic heterocycles. The standard InChI is InChI=1S/C17H25NO4S/c1-14-5-3-4-6-16(14)23(19,20)18-9-7-17(8-10-18)11-15(12-21-2)22-13-17/h3-6,15H,7-13H2,1-2H3/t15-/m0/s1. The number of hydrogen-bond acceptors (Lipinski definition) is 4. The van der Waals surface area contributed by atoms with E-state index in [-0.39, 0.29) is 11.5 Å². The van der Waals surface area contributed by atoms with Gasteiger partial charge in [0.2, 0.25) is 10.0 Å². The van der Waals surface area contributed by atoms with E-state index >= 15 is 0 Å². The van der Waals surface area contributed by atoms with Gasteiger partial charge in [0, 0.05) is 20.2 Å². The van der Waals surface area contributed by atoms with Crippen molar-refractivity contribution < 1.29 is 17.9 Å². The SMILES string of the molecule is COC[C@@H]1CC2(CCN(S(=O)(=O)c3ccccc3C)CC2)CO1. The summed E-state index contributed by atoms with van der Waals surface area (Å²) in [7, 11) is -1.71. The lowest BCUT2D eigenvalue weighted by molar-refractivity contribution is 0.0312. The molecule has 0 saturated carbocycles. The van der Waals surface area contributed by atoms with Crippen LogP contribution in [0.5, 0.6) is 0 Å². The molecule has 0 radical (unpaired) electrons. The summed E-state index contributed by atoms with van der Waals surface area (Å²) in [6, 6.07) is 7.19. The minimum atomic E-state index is -3.39. The van der Waals surface area contributed by atoms with E-state index in [2.05, 4.69) is 0 Å². The van der Waals surface area contributed by atoms with Gasteiger partial charge in [-0.25, -0.2) is 8.42 Å². The summed E-state index contributed by atoms with van der Waals surface area (Å²) >= 11 is 0. The number of benzene rings is 1. The molecular formula is C17H25NO4S. The molecule has 3 rings (SSSR count). The quantitative estimate of drug-likeness (QED) is 0.844. The van der Waals surface area contributed by atoms with Crippen LogP contribution >= 0.6 is 0 Å². The second kappa shape index (κ2) is 6.51. The molecule has 0 unspecified atom stereocenters. The van der Waals surface area contributed by atoms with Crippen LogP contribution in [0.3, 0.4) is 0 Å². The Bertz CT molecular complexity index is 650. The van der Waals surface area contributed by atoms with Gasteiger partial charge < -0.3 is 9.47 Å². The molecule has 2 aliphatic rings. The van der Waals surface area contributed by atoms with Gasteiger partial charge in [0.05, 0.1) is 24.2 Å². The first-order valence-electron chi connectivity index (χ1n) is 8.13. The summed E-state index contributed by atoms with van der Waals surface area (Å²) in [4.78, 5) is 0.427. The van der Waals surface area contributed by atoms with Crippen molar-refractivity contribution in [3.63, 3.8) is 0 Å². The fraction of sp³-hybridized carbons (Fsp3) is 0.647. The third-order valence-corrected chi connectivity index (χ3v) is 7.19. The Balaban J connectivity index is 1.69. The van der Waals surface area contributed by atoms with Crippen LogP contribution in [0.25, 0.3) is 0 Å². The van der Waals surface area contributed by atoms with Crippen LogP contribution in [-0.4, -0.2) is 52.2 Å². The number of nitrogens with zero attached hydrogens (tertiary/aromatic N) is 1. The predicted molar refractivity (Wildman–Crippen MR) is 87.8 cm³/mol. The molecule has 128 valence electrons. The largest absolute Gasteiger partial charge is 0.382 e. The van der Waals surface area contributed by atoms with Crippen LogP contribution in [0.15, 0.2) is 29.2 Å². The third kappa shape index (κ3) is 3.31. The summed E-state index contributed by atoms with van der Waals surface area (Å²) < 4.78 is 38.3. The number of rotatable bonds is 4. The third-order valence-electron chi connectivity index (χ3n) is 5.13. The normalized spacial score (nSPS) is 25.0. The topological polar surface area (TPSA) is 55.8 Å². The Labute approximate surface area is 138 Å². The molecule has 6 heteroatoms. The van der Waals surface area contributed by atoms with Gasteiger partial charge in [-0.15, -0.1) is 0 Å². The lowest BCUT2D eigenvalue weighted by atomic mass is 9.77. The summed E-state index contributed by atoms with van der Waals surface area (Å²) in [5.74, 6) is 0. The second-order valence-corrected chi connectivity index (χ2v) is 8.67. The van der Waals surface area contributed by atoms with Gasteiger partial charge in [0.25, 0.3) is 0 Å². The minimum absolute atomic E-state index is 0.126. The van der Waals surface area contributed by atoms with Crippen LogP contribution < -0.4 is 0 Å². The maximum Gasteiger partial charge on any atom is 0.243 e. The highest BCUT2D eigenvalue weighted by Crippen LogP contribution is 2.43. The van der Waals surface area contributed by atoms with E-state index in [1.807, 2.05) is 19.1 Å². The average molecular weight is 339 g/mol. The van der Waals surface area contributed by atoms with Gasteiger partial charge in [-0.1, -0.05) is 18.2 Å². The zero-order valence-electron chi connectivity index (χ0n) is 13.8. The zero-order chi connectivity index (χ0) is 16.5. The number of hydrogen-bond donors (Lipinski definition) is 0. The van der Waals surface area contributed by atoms with Crippen LogP contribution in [0, 0.1) is 12.3 Å². The molecule has 0 amide bonds. The Hall–Kier alpha value is -0.950. The number of aryl methyl sites for hydroxylation is 1. The molecule has 2 saturated heterocycles. The summed E-state index contributed by atoms with van der Waals surface area (Å²) in [5.41, 5.74) is 0.929. The van der Waals surface area contributed by atoms with Crippen molar-refractivity contribution >= 4 is 10.0 Å². The van der Waals surface area contributed by atoms with Gasteiger partial charge >= 0.3 is 0 Å². The van der Waals surface area contributed by atoms with Crippen LogP contribution in [0.1, 0.15) is 24.8 Å². The maximum absolute atomic E-state index is 12.9. The highest BCUT2D eigenvalue weighted by Gasteiger charge is 2.44. The van der Waals surface area contributed by atoms with Crippen LogP contribution in [-0.2, 0) is 19.5 Å². The summed E-state index contributed by atoms with van der Waals surface area (Å²) in [5, 5.41) is 0. The van der Waals surface area contributed by atoms with E-state index in [4.69, 9.17) is 9.47 Å². The number of ether oxygens (including phenoxy) is 2. The Morgan fingerprint density at radius 3 is 2.65 bits per heavy atom. The smallest absolute Gasteiger partial charge is 0.243 e. The van der Waals surface area contributed by atoms with Crippen molar-refractivity contribution in [1.82, 2.24) is 4.31 Å². The molecule has 1 aromatic carbocycles. The summed E-state index contributed by atoms with van der Waals surface area (Å²) in [6.45, 7) is 4.32. The average Bonchev–Trinajstić information content (AvgIpc) is 2.91. The van der Waals surface area contributed by atoms with Crippen molar-refractivity contribution in [2.45, 2.75) is 37.2 Å². The monoisotopic (exact) mass is 339 g/mol. The molecule has 2 aliphatic heterocycles. The zero-order valence-corrected chi connectivity index (χ0v) is 14.6. The molecule has 2 fully saturated rings. The fourth-order valence-corrected chi connectivity index (χ4v) is 5.39. The van der Waals surface area contributed by atoms with E-state index in [0.29, 0.717) is 24.6 Å². The highest BCUT2D eigenvalue weighted by molar-refractivity contribution is 7.89. The van der Waals surface area contributed by atoms with E-state index in [1.54, 1.807) is 23.5 Å². The first kappa shape index (κ1) is 16.9. The van der Waals surface area contributed by atoms with Gasteiger partial charge in [0.15, 0.2) is 0 Å². The molecule has 23 heavy (non-hydrogen) atoms. The first-order chi connectivity index (χ1) is 11.0. The lowest BCUT2D eigenvalue weighted by Crippen LogP contribution is -2.43. The second-order valence-electron chi connectivity index (χ2n) is 6.76. The molecular weight excluding hydrogens is 314 g/mol. The van der Waals surface area contributed by atoms with E-state index in [9.17, 15) is 8.42 Å². The molecule has 0 aliphatic carbocycles. The molecule has 0 bridgehead atoms. The van der Waals surface area contributed by atoms with Crippen molar-refractivity contribution in [1.29, 1.82) is 0 Å². The van der Waals surface area contributed by atoms with Crippen molar-refractivity contribution in [2.75, 3.05) is 33.4 Å². The van der Waals surface area contributed by atoms with E-state index in [0.717, 1.165) is 31.4 Å². The fourth-order valence-electron chi connectivity index (χ4n) is 3.72. The number of methoxy groups -OCH3 is 1. The molecule has 1 spiro atoms. The van der Waals surface area contributed by atoms with Crippen molar-refractivity contribution in [3.8, 4) is 0 Å². The van der Waals surface area contributed by atoms with Gasteiger partial charge in [0.1, 0.15) is 0 Å². The predicted octanol–water partition coefficient (Wildman–Crippen LogP) is 2.20. The Morgan fingerprint density at radius 2 is 2.00 bits per heavy atom. The van der Waals surface area contributed by atoms with Crippen LogP contribution in [0.4, 0.5) is 0 Å². The number of sulfonamides is 1. The minimum Gasteiger partial charge on any atom is -0.382 e. The van der Waals surface area contributed by atoms with E-state index in [1.165, 1.54) is 0 Å². The molecule has 1 aromatic rings. The highest BCUT2D eigenvalue weighted by atomic mass is 32.2. The van der Waals surface area contributed by atoms with Crippen molar-refractivity contribution in [3.05, 3.63) is 29.8 Å². The van der Waals surface area contributed by atoms with Gasteiger partial charge in [-0.3, -0.25) is 0 Å². The van der Waals surface area contributed by atoms with Gasteiger partial charge in [-0.2, -0.15) is 4.31 Å². The Kier molecular flexibility index (Phi) is 4.78. The first-order valence-corrected chi connectivity index (χ1v) is 9.57. The lowest BCUT2D eigenvalue weighted by Gasteiger charge is -2.37. The number of piperidine rings is 1. The Morgan fingerprint density at radius 1 is 1.30 bits per heavy atom. The molecule has 1 atom stereocenters. The molecule has 5 nitrogen and oxygen atoms in total. The molecule has 0 N–H and O–H groups in total. The summed E-state index contributed by atoms with van der Waals surface area (Å²) in [6.07, 6.45) is 2.84. The van der Waals surface area contributed by atoms with Crippen molar-refractivity contribution in [2.24, 2.45) is 5.41 Å². The van der Waals surface area contributed by atoms with Gasteiger partial charge in [-0.05, 0) is 43.2 Å². The maximum atomic E-state index is 12.9. The van der Waals surface area contributed by atoms with Crippen LogP contribution in [0.2, 0.25) is 0 Å². The molecule has 2 heterocycles.